The average molecular weight is 531 g/mol. The zero-order valence-corrected chi connectivity index (χ0v) is 19.2. The van der Waals surface area contributed by atoms with Crippen LogP contribution in [0.2, 0.25) is 5.02 Å². The fourth-order valence-corrected chi connectivity index (χ4v) is 3.59. The lowest BCUT2D eigenvalue weighted by atomic mass is 10.1. The molecule has 13 heteroatoms. The topological polar surface area (TPSA) is 103 Å². The number of aromatic nitrogens is 4. The lowest BCUT2D eigenvalue weighted by Crippen LogP contribution is -2.28. The molecule has 0 amide bonds. The third-order valence-corrected chi connectivity index (χ3v) is 5.22. The van der Waals surface area contributed by atoms with Gasteiger partial charge in [0.2, 0.25) is 5.75 Å². The molecule has 0 fully saturated rings. The summed E-state index contributed by atoms with van der Waals surface area (Å²) in [4.78, 5) is 28.9. The maximum absolute atomic E-state index is 13.6. The largest absolute Gasteiger partial charge is 0.449 e. The molecule has 1 radical (unpaired) electrons. The molecule has 187 valence electrons. The van der Waals surface area contributed by atoms with Crippen LogP contribution < -0.4 is 15.9 Å². The summed E-state index contributed by atoms with van der Waals surface area (Å²) in [6.45, 7) is -0.413. The van der Waals surface area contributed by atoms with E-state index in [-0.39, 0.29) is 27.6 Å². The molecule has 0 bridgehead atoms. The third-order valence-electron chi connectivity index (χ3n) is 5.00. The van der Waals surface area contributed by atoms with E-state index < -0.39 is 41.1 Å². The third kappa shape index (κ3) is 5.52. The molecule has 4 aromatic rings. The zero-order chi connectivity index (χ0) is 26.9. The van der Waals surface area contributed by atoms with Gasteiger partial charge in [-0.25, -0.2) is 14.1 Å². The van der Waals surface area contributed by atoms with E-state index in [1.54, 1.807) is 6.07 Å². The number of ether oxygens (including phenoxy) is 1. The summed E-state index contributed by atoms with van der Waals surface area (Å²) in [6, 6.07) is 11.6. The standard InChI is InChI=1S/C24H13ClF4N5O3/c1-33-22(35)19(14-2-4-16(26)5-3-14)9-17(32-33)11-34-12-31-21(24(27,28)29)20(23(34)36)37-18-7-13(10-30)6-15(25)8-18/h2-9,12H,1,11H2. The lowest BCUT2D eigenvalue weighted by molar-refractivity contribution is -0.142. The molecule has 0 aliphatic carbocycles. The Morgan fingerprint density at radius 2 is 1.78 bits per heavy atom. The van der Waals surface area contributed by atoms with Gasteiger partial charge in [0.05, 0.1) is 42.8 Å². The Morgan fingerprint density at radius 3 is 2.43 bits per heavy atom. The molecule has 8 nitrogen and oxygen atoms in total. The first-order chi connectivity index (χ1) is 17.5. The van der Waals surface area contributed by atoms with Crippen molar-refractivity contribution < 1.29 is 22.3 Å². The predicted molar refractivity (Wildman–Crippen MR) is 123 cm³/mol. The summed E-state index contributed by atoms with van der Waals surface area (Å²) in [5.74, 6) is -1.96. The number of alkyl halides is 3. The summed E-state index contributed by atoms with van der Waals surface area (Å²) in [6.07, 6.45) is -4.38. The minimum atomic E-state index is -5.04. The van der Waals surface area contributed by atoms with Gasteiger partial charge >= 0.3 is 6.18 Å². The van der Waals surface area contributed by atoms with Crippen molar-refractivity contribution in [1.82, 2.24) is 19.3 Å². The maximum Gasteiger partial charge on any atom is 0.437 e. The van der Waals surface area contributed by atoms with Crippen LogP contribution in [-0.4, -0.2) is 19.3 Å². The number of benzene rings is 2. The van der Waals surface area contributed by atoms with Crippen LogP contribution in [0, 0.1) is 24.2 Å². The average Bonchev–Trinajstić information content (AvgIpc) is 2.83. The highest BCUT2D eigenvalue weighted by Crippen LogP contribution is 2.35. The van der Waals surface area contributed by atoms with Crippen LogP contribution in [0.3, 0.4) is 0 Å². The number of rotatable bonds is 5. The Morgan fingerprint density at radius 1 is 1.08 bits per heavy atom. The van der Waals surface area contributed by atoms with E-state index in [0.29, 0.717) is 11.9 Å². The van der Waals surface area contributed by atoms with E-state index in [2.05, 4.69) is 17.1 Å². The normalized spacial score (nSPS) is 11.3. The van der Waals surface area contributed by atoms with Crippen molar-refractivity contribution >= 4 is 11.6 Å². The minimum Gasteiger partial charge on any atom is -0.449 e. The van der Waals surface area contributed by atoms with Gasteiger partial charge in [0.25, 0.3) is 11.1 Å². The molecule has 0 unspecified atom stereocenters. The van der Waals surface area contributed by atoms with Crippen LogP contribution in [0.15, 0.2) is 64.4 Å². The van der Waals surface area contributed by atoms with Crippen LogP contribution in [0.5, 0.6) is 11.5 Å². The highest BCUT2D eigenvalue weighted by molar-refractivity contribution is 6.30. The summed E-state index contributed by atoms with van der Waals surface area (Å²) < 4.78 is 61.0. The number of nitriles is 1. The van der Waals surface area contributed by atoms with E-state index in [9.17, 15) is 27.2 Å². The summed E-state index contributed by atoms with van der Waals surface area (Å²) in [5.41, 5.74) is -2.95. The number of hydrogen-bond donors (Lipinski definition) is 0. The van der Waals surface area contributed by atoms with Gasteiger partial charge < -0.3 is 4.74 Å². The lowest BCUT2D eigenvalue weighted by Gasteiger charge is -2.15. The molecule has 0 atom stereocenters. The second-order valence-corrected chi connectivity index (χ2v) is 8.04. The quantitative estimate of drug-likeness (QED) is 0.349. The Hall–Kier alpha value is -4.50. The smallest absolute Gasteiger partial charge is 0.437 e. The Bertz CT molecular complexity index is 1660. The van der Waals surface area contributed by atoms with Crippen molar-refractivity contribution in [2.24, 2.45) is 0 Å². The van der Waals surface area contributed by atoms with Crippen molar-refractivity contribution in [2.45, 2.75) is 12.7 Å². The molecule has 0 aliphatic rings. The second-order valence-electron chi connectivity index (χ2n) is 7.60. The highest BCUT2D eigenvalue weighted by atomic mass is 35.5. The molecule has 2 heterocycles. The molecular weight excluding hydrogens is 518 g/mol. The monoisotopic (exact) mass is 530 g/mol. The zero-order valence-electron chi connectivity index (χ0n) is 18.5. The molecule has 0 aliphatic heterocycles. The van der Waals surface area contributed by atoms with Gasteiger partial charge in [-0.1, -0.05) is 23.7 Å². The molecular formula is C24H13ClF4N5O3. The SMILES string of the molecule is [CH2]n1nc(Cn2cnc(C(F)(F)F)c(Oc3cc(Cl)cc(C#N)c3)c2=O)cc(-c2ccc(F)cc2)c1=O. The molecule has 0 spiro atoms. The van der Waals surface area contributed by atoms with E-state index in [0.717, 1.165) is 33.5 Å². The van der Waals surface area contributed by atoms with Crippen LogP contribution in [0.1, 0.15) is 17.0 Å². The Balaban J connectivity index is 1.79. The van der Waals surface area contributed by atoms with Crippen molar-refractivity contribution in [1.29, 1.82) is 5.26 Å². The molecule has 4 rings (SSSR count). The second kappa shape index (κ2) is 9.87. The highest BCUT2D eigenvalue weighted by Gasteiger charge is 2.38. The van der Waals surface area contributed by atoms with Crippen molar-refractivity contribution in [3.05, 3.63) is 110 Å². The van der Waals surface area contributed by atoms with E-state index >= 15 is 0 Å². The van der Waals surface area contributed by atoms with Crippen LogP contribution >= 0.6 is 11.6 Å². The summed E-state index contributed by atoms with van der Waals surface area (Å²) in [5, 5.41) is 13.0. The van der Waals surface area contributed by atoms with Gasteiger partial charge in [0.1, 0.15) is 11.6 Å². The first-order valence-electron chi connectivity index (χ1n) is 10.2. The van der Waals surface area contributed by atoms with Crippen LogP contribution in [-0.2, 0) is 12.7 Å². The molecule has 0 saturated carbocycles. The predicted octanol–water partition coefficient (Wildman–Crippen LogP) is 4.63. The molecule has 2 aromatic heterocycles. The first-order valence-corrected chi connectivity index (χ1v) is 10.6. The van der Waals surface area contributed by atoms with Crippen molar-refractivity contribution in [2.75, 3.05) is 0 Å². The first kappa shape index (κ1) is 25.6. The van der Waals surface area contributed by atoms with Gasteiger partial charge in [-0.3, -0.25) is 14.2 Å². The number of hydrogen-bond acceptors (Lipinski definition) is 6. The molecule has 2 aromatic carbocycles. The summed E-state index contributed by atoms with van der Waals surface area (Å²) in [7, 11) is 3.50. The molecule has 0 N–H and O–H groups in total. The van der Waals surface area contributed by atoms with Gasteiger partial charge in [-0.15, -0.1) is 0 Å². The van der Waals surface area contributed by atoms with E-state index in [1.807, 2.05) is 0 Å². The maximum atomic E-state index is 13.6. The Kier molecular flexibility index (Phi) is 6.82. The van der Waals surface area contributed by atoms with Crippen molar-refractivity contribution in [3.63, 3.8) is 0 Å². The van der Waals surface area contributed by atoms with Gasteiger partial charge in [0.15, 0.2) is 5.69 Å². The molecule has 0 saturated heterocycles. The van der Waals surface area contributed by atoms with Crippen molar-refractivity contribution in [3.8, 4) is 28.7 Å². The fraction of sp³-hybridized carbons (Fsp3) is 0.0833. The number of nitrogens with zero attached hydrogens (tertiary/aromatic N) is 5. The Labute approximate surface area is 210 Å². The number of halogens is 5. The van der Waals surface area contributed by atoms with Crippen LogP contribution in [0.25, 0.3) is 11.1 Å². The minimum absolute atomic E-state index is 0.00190. The van der Waals surface area contributed by atoms with Gasteiger partial charge in [-0.2, -0.15) is 23.5 Å². The van der Waals surface area contributed by atoms with Crippen LogP contribution in [0.4, 0.5) is 17.6 Å². The van der Waals surface area contributed by atoms with E-state index in [4.69, 9.17) is 21.6 Å². The fourth-order valence-electron chi connectivity index (χ4n) is 3.37. The van der Waals surface area contributed by atoms with Gasteiger partial charge in [0, 0.05) is 5.02 Å². The van der Waals surface area contributed by atoms with E-state index in [1.165, 1.54) is 24.3 Å². The molecule has 37 heavy (non-hydrogen) atoms. The summed E-state index contributed by atoms with van der Waals surface area (Å²) >= 11 is 5.89. The van der Waals surface area contributed by atoms with Gasteiger partial charge in [-0.05, 0) is 42.0 Å².